The van der Waals surface area contributed by atoms with Gasteiger partial charge in [0.2, 0.25) is 5.91 Å². The van der Waals surface area contributed by atoms with E-state index in [0.717, 1.165) is 45.6 Å². The molecular weight excluding hydrogens is 190 g/mol. The zero-order valence-corrected chi connectivity index (χ0v) is 9.91. The molecule has 1 rings (SSSR count). The Kier molecular flexibility index (Phi) is 5.05. The van der Waals surface area contributed by atoms with Gasteiger partial charge in [0.25, 0.3) is 0 Å². The second-order valence-electron chi connectivity index (χ2n) is 4.15. The van der Waals surface area contributed by atoms with Crippen molar-refractivity contribution in [3.8, 4) is 0 Å². The van der Waals surface area contributed by atoms with Crippen LogP contribution in [0, 0.1) is 0 Å². The van der Waals surface area contributed by atoms with Crippen molar-refractivity contribution >= 4 is 5.91 Å². The maximum atomic E-state index is 11.9. The lowest BCUT2D eigenvalue weighted by Crippen LogP contribution is -2.52. The van der Waals surface area contributed by atoms with Crippen molar-refractivity contribution in [1.82, 2.24) is 9.80 Å². The molecule has 1 amide bonds. The Morgan fingerprint density at radius 2 is 1.87 bits per heavy atom. The average Bonchev–Trinajstić information content (AvgIpc) is 2.28. The largest absolute Gasteiger partial charge is 0.339 e. The molecule has 4 heteroatoms. The van der Waals surface area contributed by atoms with E-state index in [9.17, 15) is 4.79 Å². The van der Waals surface area contributed by atoms with Crippen LogP contribution >= 0.6 is 0 Å². The van der Waals surface area contributed by atoms with Gasteiger partial charge in [0.15, 0.2) is 0 Å². The first-order valence-electron chi connectivity index (χ1n) is 5.95. The van der Waals surface area contributed by atoms with Crippen LogP contribution in [0.4, 0.5) is 0 Å². The van der Waals surface area contributed by atoms with Gasteiger partial charge in [0.1, 0.15) is 0 Å². The number of carbonyl (C=O) groups is 1. The third-order valence-corrected chi connectivity index (χ3v) is 3.05. The monoisotopic (exact) mass is 213 g/mol. The summed E-state index contributed by atoms with van der Waals surface area (Å²) in [5, 5.41) is 0. The molecule has 0 aliphatic carbocycles. The fourth-order valence-electron chi connectivity index (χ4n) is 1.95. The molecule has 1 unspecified atom stereocenters. The minimum atomic E-state index is -0.289. The Bertz CT molecular complexity index is 200. The number of hydrogen-bond acceptors (Lipinski definition) is 3. The van der Waals surface area contributed by atoms with Gasteiger partial charge in [0.05, 0.1) is 6.04 Å². The summed E-state index contributed by atoms with van der Waals surface area (Å²) < 4.78 is 0. The molecule has 0 saturated carbocycles. The lowest BCUT2D eigenvalue weighted by molar-refractivity contribution is -0.134. The van der Waals surface area contributed by atoms with Crippen molar-refractivity contribution in [2.75, 3.05) is 32.7 Å². The van der Waals surface area contributed by atoms with Crippen molar-refractivity contribution in [1.29, 1.82) is 0 Å². The molecule has 1 aliphatic rings. The highest BCUT2D eigenvalue weighted by Crippen LogP contribution is 2.05. The van der Waals surface area contributed by atoms with Gasteiger partial charge < -0.3 is 15.5 Å². The van der Waals surface area contributed by atoms with Gasteiger partial charge in [-0.15, -0.1) is 0 Å². The fourth-order valence-corrected chi connectivity index (χ4v) is 1.95. The number of amides is 1. The van der Waals surface area contributed by atoms with Crippen LogP contribution < -0.4 is 5.73 Å². The van der Waals surface area contributed by atoms with E-state index >= 15 is 0 Å². The summed E-state index contributed by atoms with van der Waals surface area (Å²) in [5.74, 6) is 0.132. The SMILES string of the molecule is CCCC(N)C(=O)N1CCN(CC)CC1. The molecule has 1 atom stereocenters. The van der Waals surface area contributed by atoms with E-state index in [2.05, 4.69) is 18.7 Å². The molecule has 0 aromatic heterocycles. The second-order valence-corrected chi connectivity index (χ2v) is 4.15. The van der Waals surface area contributed by atoms with Crippen LogP contribution in [-0.4, -0.2) is 54.5 Å². The number of piperazine rings is 1. The lowest BCUT2D eigenvalue weighted by Gasteiger charge is -2.35. The smallest absolute Gasteiger partial charge is 0.239 e. The van der Waals surface area contributed by atoms with Crippen LogP contribution in [-0.2, 0) is 4.79 Å². The highest BCUT2D eigenvalue weighted by Gasteiger charge is 2.23. The van der Waals surface area contributed by atoms with Crippen molar-refractivity contribution in [2.24, 2.45) is 5.73 Å². The summed E-state index contributed by atoms with van der Waals surface area (Å²) >= 11 is 0. The van der Waals surface area contributed by atoms with Gasteiger partial charge in [-0.2, -0.15) is 0 Å². The average molecular weight is 213 g/mol. The number of carbonyl (C=O) groups excluding carboxylic acids is 1. The second kappa shape index (κ2) is 6.08. The molecule has 88 valence electrons. The third kappa shape index (κ3) is 3.47. The standard InChI is InChI=1S/C11H23N3O/c1-3-5-10(12)11(15)14-8-6-13(4-2)7-9-14/h10H,3-9,12H2,1-2H3. The maximum absolute atomic E-state index is 11.9. The third-order valence-electron chi connectivity index (χ3n) is 3.05. The van der Waals surface area contributed by atoms with Crippen LogP contribution in [0.3, 0.4) is 0 Å². The van der Waals surface area contributed by atoms with E-state index in [4.69, 9.17) is 5.73 Å². The van der Waals surface area contributed by atoms with Crippen LogP contribution in [0.15, 0.2) is 0 Å². The summed E-state index contributed by atoms with van der Waals surface area (Å²) in [7, 11) is 0. The molecule has 0 spiro atoms. The van der Waals surface area contributed by atoms with Crippen molar-refractivity contribution in [2.45, 2.75) is 32.7 Å². The zero-order chi connectivity index (χ0) is 11.3. The predicted octanol–water partition coefficient (Wildman–Crippen LogP) is 0.278. The minimum absolute atomic E-state index is 0.132. The van der Waals surface area contributed by atoms with E-state index in [1.165, 1.54) is 0 Å². The van der Waals surface area contributed by atoms with Gasteiger partial charge >= 0.3 is 0 Å². The molecule has 1 aliphatic heterocycles. The van der Waals surface area contributed by atoms with Crippen LogP contribution in [0.25, 0.3) is 0 Å². The number of hydrogen-bond donors (Lipinski definition) is 1. The quantitative estimate of drug-likeness (QED) is 0.729. The molecule has 0 aromatic carbocycles. The Morgan fingerprint density at radius 1 is 1.27 bits per heavy atom. The van der Waals surface area contributed by atoms with Gasteiger partial charge in [-0.3, -0.25) is 4.79 Å². The molecule has 1 saturated heterocycles. The van der Waals surface area contributed by atoms with Crippen molar-refractivity contribution in [3.05, 3.63) is 0 Å². The first-order valence-corrected chi connectivity index (χ1v) is 5.95. The Labute approximate surface area is 92.4 Å². The van der Waals surface area contributed by atoms with E-state index in [1.807, 2.05) is 4.90 Å². The Morgan fingerprint density at radius 3 is 2.33 bits per heavy atom. The molecule has 1 fully saturated rings. The summed E-state index contributed by atoms with van der Waals surface area (Å²) in [5.41, 5.74) is 5.82. The number of likely N-dealkylation sites (N-methyl/N-ethyl adjacent to an activating group) is 1. The number of nitrogens with two attached hydrogens (primary N) is 1. The first-order chi connectivity index (χ1) is 7.19. The zero-order valence-electron chi connectivity index (χ0n) is 9.91. The fraction of sp³-hybridized carbons (Fsp3) is 0.909. The van der Waals surface area contributed by atoms with Gasteiger partial charge in [-0.25, -0.2) is 0 Å². The van der Waals surface area contributed by atoms with Gasteiger partial charge in [0, 0.05) is 26.2 Å². The Balaban J connectivity index is 2.35. The normalized spacial score (nSPS) is 20.3. The molecule has 15 heavy (non-hydrogen) atoms. The minimum Gasteiger partial charge on any atom is -0.339 e. The summed E-state index contributed by atoms with van der Waals surface area (Å²) in [6, 6.07) is -0.289. The molecule has 4 nitrogen and oxygen atoms in total. The van der Waals surface area contributed by atoms with E-state index in [1.54, 1.807) is 0 Å². The van der Waals surface area contributed by atoms with Gasteiger partial charge in [-0.05, 0) is 13.0 Å². The Hall–Kier alpha value is -0.610. The van der Waals surface area contributed by atoms with Crippen LogP contribution in [0.2, 0.25) is 0 Å². The maximum Gasteiger partial charge on any atom is 0.239 e. The van der Waals surface area contributed by atoms with E-state index in [0.29, 0.717) is 0 Å². The van der Waals surface area contributed by atoms with Crippen LogP contribution in [0.5, 0.6) is 0 Å². The summed E-state index contributed by atoms with van der Waals surface area (Å²) in [6.07, 6.45) is 1.77. The first kappa shape index (κ1) is 12.5. The highest BCUT2D eigenvalue weighted by molar-refractivity contribution is 5.81. The van der Waals surface area contributed by atoms with E-state index in [-0.39, 0.29) is 11.9 Å². The summed E-state index contributed by atoms with van der Waals surface area (Å²) in [6.45, 7) is 8.93. The van der Waals surface area contributed by atoms with Crippen LogP contribution in [0.1, 0.15) is 26.7 Å². The summed E-state index contributed by atoms with van der Waals surface area (Å²) in [4.78, 5) is 16.1. The molecule has 1 heterocycles. The van der Waals surface area contributed by atoms with Gasteiger partial charge in [-0.1, -0.05) is 20.3 Å². The molecule has 0 radical (unpaired) electrons. The topological polar surface area (TPSA) is 49.6 Å². The lowest BCUT2D eigenvalue weighted by atomic mass is 10.1. The van der Waals surface area contributed by atoms with E-state index < -0.39 is 0 Å². The number of rotatable bonds is 4. The molecular formula is C11H23N3O. The molecule has 2 N–H and O–H groups in total. The number of nitrogens with zero attached hydrogens (tertiary/aromatic N) is 2. The van der Waals surface area contributed by atoms with Crippen molar-refractivity contribution < 1.29 is 4.79 Å². The molecule has 0 bridgehead atoms. The predicted molar refractivity (Wildman–Crippen MR) is 61.6 cm³/mol. The highest BCUT2D eigenvalue weighted by atomic mass is 16.2. The molecule has 0 aromatic rings. The van der Waals surface area contributed by atoms with Crippen molar-refractivity contribution in [3.63, 3.8) is 0 Å².